The van der Waals surface area contributed by atoms with Crippen LogP contribution in [0.3, 0.4) is 0 Å². The molecular weight excluding hydrogens is 285 g/mol. The van der Waals surface area contributed by atoms with Crippen LogP contribution in [0.1, 0.15) is 10.5 Å². The molecule has 0 saturated heterocycles. The van der Waals surface area contributed by atoms with Gasteiger partial charge in [-0.3, -0.25) is 4.79 Å². The summed E-state index contributed by atoms with van der Waals surface area (Å²) in [6, 6.07) is 12.3. The molecule has 4 nitrogen and oxygen atoms in total. The lowest BCUT2D eigenvalue weighted by Gasteiger charge is -2.14. The van der Waals surface area contributed by atoms with Crippen LogP contribution >= 0.6 is 0 Å². The van der Waals surface area contributed by atoms with Gasteiger partial charge in [-0.2, -0.15) is 0 Å². The maximum atomic E-state index is 13.1. The van der Waals surface area contributed by atoms with Gasteiger partial charge in [-0.05, 0) is 29.1 Å². The number of aromatic carboxylic acids is 1. The van der Waals surface area contributed by atoms with Crippen molar-refractivity contribution in [2.75, 3.05) is 0 Å². The van der Waals surface area contributed by atoms with E-state index in [0.29, 0.717) is 21.9 Å². The smallest absolute Gasteiger partial charge is 0.353 e. The van der Waals surface area contributed by atoms with E-state index in [1.165, 1.54) is 31.3 Å². The van der Waals surface area contributed by atoms with Gasteiger partial charge in [0.1, 0.15) is 11.5 Å². The number of carboxylic acid groups (broad SMARTS) is 1. The van der Waals surface area contributed by atoms with Gasteiger partial charge in [0.25, 0.3) is 5.56 Å². The Hall–Kier alpha value is -2.95. The average Bonchev–Trinajstić information content (AvgIpc) is 2.51. The number of benzene rings is 2. The molecule has 3 aromatic rings. The number of fused-ring (bicyclic) bond motifs is 1. The molecule has 0 aliphatic heterocycles. The van der Waals surface area contributed by atoms with Gasteiger partial charge in [0, 0.05) is 18.0 Å². The molecule has 5 heteroatoms. The first kappa shape index (κ1) is 14.0. The first-order chi connectivity index (χ1) is 10.5. The van der Waals surface area contributed by atoms with Crippen LogP contribution in [0.4, 0.5) is 4.39 Å². The van der Waals surface area contributed by atoms with Crippen molar-refractivity contribution in [2.24, 2.45) is 7.05 Å². The molecule has 0 amide bonds. The Balaban J connectivity index is 2.53. The van der Waals surface area contributed by atoms with Gasteiger partial charge in [0.15, 0.2) is 0 Å². The maximum Gasteiger partial charge on any atom is 0.353 e. The molecule has 0 radical (unpaired) electrons. The van der Waals surface area contributed by atoms with E-state index in [2.05, 4.69) is 0 Å². The van der Waals surface area contributed by atoms with Gasteiger partial charge in [-0.1, -0.05) is 30.3 Å². The Morgan fingerprint density at radius 2 is 1.64 bits per heavy atom. The van der Waals surface area contributed by atoms with Crippen LogP contribution in [0.25, 0.3) is 21.9 Å². The summed E-state index contributed by atoms with van der Waals surface area (Å²) < 4.78 is 14.3. The van der Waals surface area contributed by atoms with Crippen molar-refractivity contribution in [3.63, 3.8) is 0 Å². The van der Waals surface area contributed by atoms with E-state index in [4.69, 9.17) is 0 Å². The molecule has 0 aliphatic carbocycles. The second kappa shape index (κ2) is 5.11. The van der Waals surface area contributed by atoms with Crippen LogP contribution in [0.5, 0.6) is 0 Å². The van der Waals surface area contributed by atoms with Crippen LogP contribution < -0.4 is 5.56 Å². The lowest BCUT2D eigenvalue weighted by molar-refractivity contribution is 0.0686. The van der Waals surface area contributed by atoms with Crippen LogP contribution in [-0.4, -0.2) is 15.6 Å². The quantitative estimate of drug-likeness (QED) is 0.791. The molecule has 0 unspecified atom stereocenters. The number of hydrogen-bond acceptors (Lipinski definition) is 2. The lowest BCUT2D eigenvalue weighted by atomic mass is 9.97. The van der Waals surface area contributed by atoms with Crippen LogP contribution in [0.2, 0.25) is 0 Å². The van der Waals surface area contributed by atoms with Crippen molar-refractivity contribution < 1.29 is 14.3 Å². The molecule has 1 aromatic heterocycles. The Morgan fingerprint density at radius 1 is 1.05 bits per heavy atom. The highest BCUT2D eigenvalue weighted by Crippen LogP contribution is 2.30. The summed E-state index contributed by atoms with van der Waals surface area (Å²) in [5, 5.41) is 10.5. The Bertz CT molecular complexity index is 943. The fourth-order valence-electron chi connectivity index (χ4n) is 2.62. The minimum Gasteiger partial charge on any atom is -0.477 e. The molecule has 0 bridgehead atoms. The van der Waals surface area contributed by atoms with Gasteiger partial charge in [-0.25, -0.2) is 9.18 Å². The number of carbonyl (C=O) groups is 1. The normalized spacial score (nSPS) is 10.8. The van der Waals surface area contributed by atoms with E-state index in [1.807, 2.05) is 0 Å². The second-order valence-electron chi connectivity index (χ2n) is 4.95. The van der Waals surface area contributed by atoms with Crippen LogP contribution in [0.15, 0.2) is 53.3 Å². The average molecular weight is 297 g/mol. The second-order valence-corrected chi connectivity index (χ2v) is 4.95. The fraction of sp³-hybridized carbons (Fsp3) is 0.0588. The van der Waals surface area contributed by atoms with E-state index < -0.39 is 11.8 Å². The predicted octanol–water partition coefficient (Wildman–Crippen LogP) is 3.04. The molecule has 1 heterocycles. The monoisotopic (exact) mass is 297 g/mol. The van der Waals surface area contributed by atoms with Crippen molar-refractivity contribution in [3.05, 3.63) is 70.4 Å². The third kappa shape index (κ3) is 2.07. The zero-order chi connectivity index (χ0) is 15.9. The molecule has 0 aliphatic rings. The number of aromatic nitrogens is 1. The number of carboxylic acids is 1. The summed E-state index contributed by atoms with van der Waals surface area (Å²) >= 11 is 0. The van der Waals surface area contributed by atoms with Gasteiger partial charge in [0.2, 0.25) is 0 Å². The molecule has 22 heavy (non-hydrogen) atoms. The van der Waals surface area contributed by atoms with E-state index in [1.54, 1.807) is 24.3 Å². The van der Waals surface area contributed by atoms with E-state index >= 15 is 0 Å². The summed E-state index contributed by atoms with van der Waals surface area (Å²) in [5.74, 6) is -1.61. The summed E-state index contributed by atoms with van der Waals surface area (Å²) in [4.78, 5) is 24.0. The first-order valence-corrected chi connectivity index (χ1v) is 6.61. The molecule has 0 saturated carbocycles. The van der Waals surface area contributed by atoms with Crippen molar-refractivity contribution >= 4 is 16.7 Å². The highest BCUT2D eigenvalue weighted by Gasteiger charge is 2.20. The molecular formula is C17H12FNO3. The topological polar surface area (TPSA) is 59.3 Å². The van der Waals surface area contributed by atoms with Crippen molar-refractivity contribution in [1.82, 2.24) is 4.57 Å². The highest BCUT2D eigenvalue weighted by molar-refractivity contribution is 6.06. The van der Waals surface area contributed by atoms with Crippen LogP contribution in [-0.2, 0) is 7.05 Å². The summed E-state index contributed by atoms with van der Waals surface area (Å²) in [6.45, 7) is 0. The first-order valence-electron chi connectivity index (χ1n) is 6.61. The third-order valence-electron chi connectivity index (χ3n) is 3.64. The molecule has 110 valence electrons. The molecule has 2 aromatic carbocycles. The fourth-order valence-corrected chi connectivity index (χ4v) is 2.62. The third-order valence-corrected chi connectivity index (χ3v) is 3.64. The number of hydrogen-bond donors (Lipinski definition) is 1. The SMILES string of the molecule is Cn1c(C(=O)O)c(-c2ccc(F)cc2)c2ccccc2c1=O. The molecule has 3 rings (SSSR count). The van der Waals surface area contributed by atoms with Gasteiger partial charge >= 0.3 is 5.97 Å². The van der Waals surface area contributed by atoms with Crippen molar-refractivity contribution in [3.8, 4) is 11.1 Å². The number of halogens is 1. The largest absolute Gasteiger partial charge is 0.477 e. The van der Waals surface area contributed by atoms with E-state index in [-0.39, 0.29) is 11.3 Å². The summed E-state index contributed by atoms with van der Waals surface area (Å²) in [6.07, 6.45) is 0. The number of rotatable bonds is 2. The zero-order valence-electron chi connectivity index (χ0n) is 11.7. The summed E-state index contributed by atoms with van der Waals surface area (Å²) in [7, 11) is 1.42. The molecule has 0 fully saturated rings. The predicted molar refractivity (Wildman–Crippen MR) is 81.5 cm³/mol. The number of nitrogens with zero attached hydrogens (tertiary/aromatic N) is 1. The Kier molecular flexibility index (Phi) is 3.25. The lowest BCUT2D eigenvalue weighted by Crippen LogP contribution is -2.24. The zero-order valence-corrected chi connectivity index (χ0v) is 11.7. The van der Waals surface area contributed by atoms with Gasteiger partial charge in [-0.15, -0.1) is 0 Å². The maximum absolute atomic E-state index is 13.1. The van der Waals surface area contributed by atoms with Crippen molar-refractivity contribution in [2.45, 2.75) is 0 Å². The molecule has 0 atom stereocenters. The van der Waals surface area contributed by atoms with Gasteiger partial charge < -0.3 is 9.67 Å². The molecule has 0 spiro atoms. The Labute approximate surface area is 125 Å². The van der Waals surface area contributed by atoms with Gasteiger partial charge in [0.05, 0.1) is 0 Å². The Morgan fingerprint density at radius 3 is 2.23 bits per heavy atom. The molecule has 1 N–H and O–H groups in total. The minimum atomic E-state index is -1.20. The van der Waals surface area contributed by atoms with E-state index in [9.17, 15) is 19.1 Å². The minimum absolute atomic E-state index is 0.115. The highest BCUT2D eigenvalue weighted by atomic mass is 19.1. The number of pyridine rings is 1. The standard InChI is InChI=1S/C17H12FNO3/c1-19-15(17(21)22)14(10-6-8-11(18)9-7-10)12-4-2-3-5-13(12)16(19)20/h2-9H,1H3,(H,21,22). The van der Waals surface area contributed by atoms with Crippen molar-refractivity contribution in [1.29, 1.82) is 0 Å². The van der Waals surface area contributed by atoms with Crippen LogP contribution in [0, 0.1) is 5.82 Å². The summed E-state index contributed by atoms with van der Waals surface area (Å²) in [5.41, 5.74) is 0.463. The van der Waals surface area contributed by atoms with E-state index in [0.717, 1.165) is 4.57 Å².